The van der Waals surface area contributed by atoms with Crippen LogP contribution >= 0.6 is 11.8 Å². The number of rotatable bonds is 6. The van der Waals surface area contributed by atoms with Crippen molar-refractivity contribution in [3.8, 4) is 0 Å². The number of oxazole rings is 1. The Bertz CT molecular complexity index is 1290. The number of aromatic nitrogens is 2. The number of fused-ring (bicyclic) bond motifs is 6. The number of hydrogen-bond acceptors (Lipinski definition) is 9. The van der Waals surface area contributed by atoms with Crippen molar-refractivity contribution < 1.29 is 29.0 Å². The summed E-state index contributed by atoms with van der Waals surface area (Å²) in [5.41, 5.74) is -0.0635. The molecule has 9 heteroatoms. The maximum absolute atomic E-state index is 13.9. The summed E-state index contributed by atoms with van der Waals surface area (Å²) in [4.78, 5) is 34.6. The van der Waals surface area contributed by atoms with Gasteiger partial charge in [0.05, 0.1) is 11.9 Å². The Kier molecular flexibility index (Phi) is 5.98. The van der Waals surface area contributed by atoms with Crippen LogP contribution in [0.1, 0.15) is 46.0 Å². The lowest BCUT2D eigenvalue weighted by atomic mass is 9.46. The third kappa shape index (κ3) is 3.61. The lowest BCUT2D eigenvalue weighted by molar-refractivity contribution is -0.207. The normalized spacial score (nSPS) is 38.7. The summed E-state index contributed by atoms with van der Waals surface area (Å²) in [6.07, 6.45) is 9.65. The van der Waals surface area contributed by atoms with Crippen LogP contribution in [0.3, 0.4) is 0 Å². The molecule has 2 aromatic rings. The predicted molar refractivity (Wildman–Crippen MR) is 136 cm³/mol. The Labute approximate surface area is 219 Å². The molecule has 8 nitrogen and oxygen atoms in total. The highest BCUT2D eigenvalue weighted by Crippen LogP contribution is 2.68. The van der Waals surface area contributed by atoms with Crippen molar-refractivity contribution in [2.75, 3.05) is 12.5 Å². The summed E-state index contributed by atoms with van der Waals surface area (Å²) in [6.45, 7) is 3.62. The number of nitrogens with zero attached hydrogens (tertiary/aromatic N) is 2. The van der Waals surface area contributed by atoms with Crippen molar-refractivity contribution in [2.45, 2.75) is 62.9 Å². The van der Waals surface area contributed by atoms with Crippen molar-refractivity contribution in [3.05, 3.63) is 42.1 Å². The van der Waals surface area contributed by atoms with Gasteiger partial charge in [-0.15, -0.1) is 0 Å². The van der Waals surface area contributed by atoms with E-state index in [-0.39, 0.29) is 40.5 Å². The molecule has 3 fully saturated rings. The highest BCUT2D eigenvalue weighted by molar-refractivity contribution is 7.99. The summed E-state index contributed by atoms with van der Waals surface area (Å²) in [5, 5.41) is 21.9. The van der Waals surface area contributed by atoms with E-state index in [2.05, 4.69) is 23.8 Å². The zero-order valence-corrected chi connectivity index (χ0v) is 21.9. The average Bonchev–Trinajstić information content (AvgIpc) is 3.41. The molecule has 2 heterocycles. The van der Waals surface area contributed by atoms with Gasteiger partial charge in [0.1, 0.15) is 17.9 Å². The van der Waals surface area contributed by atoms with Gasteiger partial charge >= 0.3 is 0 Å². The van der Waals surface area contributed by atoms with E-state index in [0.29, 0.717) is 29.3 Å². The third-order valence-corrected chi connectivity index (χ3v) is 10.7. The van der Waals surface area contributed by atoms with Gasteiger partial charge in [0.15, 0.2) is 11.6 Å². The molecule has 196 valence electrons. The second kappa shape index (κ2) is 8.86. The minimum atomic E-state index is -1.20. The number of aliphatic hydroxyl groups is 2. The van der Waals surface area contributed by atoms with E-state index in [1.165, 1.54) is 11.8 Å². The number of carbonyl (C=O) groups is 2. The molecule has 4 aliphatic carbocycles. The summed E-state index contributed by atoms with van der Waals surface area (Å²) < 4.78 is 11.7. The first-order valence-electron chi connectivity index (χ1n) is 13.0. The number of Topliss-reactive ketones (excluding diaryl/α,β-unsaturated/α-hetero) is 1. The molecule has 2 aromatic heterocycles. The van der Waals surface area contributed by atoms with Gasteiger partial charge in [-0.1, -0.05) is 37.3 Å². The number of allylic oxidation sites excluding steroid dienone is 4. The van der Waals surface area contributed by atoms with E-state index < -0.39 is 23.9 Å². The molecule has 4 aliphatic rings. The molecular weight excluding hydrogens is 492 g/mol. The van der Waals surface area contributed by atoms with Crippen molar-refractivity contribution in [2.24, 2.45) is 28.6 Å². The zero-order chi connectivity index (χ0) is 26.0. The zero-order valence-electron chi connectivity index (χ0n) is 21.1. The van der Waals surface area contributed by atoms with Crippen LogP contribution in [0.2, 0.25) is 0 Å². The number of thioether (sulfide) groups is 1. The highest BCUT2D eigenvalue weighted by atomic mass is 32.2. The van der Waals surface area contributed by atoms with E-state index in [1.54, 1.807) is 30.5 Å². The molecule has 0 spiro atoms. The van der Waals surface area contributed by atoms with Crippen LogP contribution in [0.15, 0.2) is 51.8 Å². The maximum atomic E-state index is 13.9. The van der Waals surface area contributed by atoms with Crippen LogP contribution in [0.25, 0.3) is 11.2 Å². The van der Waals surface area contributed by atoms with Gasteiger partial charge in [-0.05, 0) is 68.2 Å². The van der Waals surface area contributed by atoms with Gasteiger partial charge in [0.25, 0.3) is 5.22 Å². The van der Waals surface area contributed by atoms with Gasteiger partial charge in [-0.2, -0.15) is 0 Å². The van der Waals surface area contributed by atoms with E-state index in [0.717, 1.165) is 24.8 Å². The number of hydrogen-bond donors (Lipinski definition) is 2. The van der Waals surface area contributed by atoms with Crippen LogP contribution in [-0.2, 0) is 14.3 Å². The summed E-state index contributed by atoms with van der Waals surface area (Å²) in [7, 11) is 0. The van der Waals surface area contributed by atoms with E-state index in [1.807, 2.05) is 6.08 Å². The van der Waals surface area contributed by atoms with Crippen LogP contribution in [0, 0.1) is 28.6 Å². The molecule has 6 rings (SSSR count). The Morgan fingerprint density at radius 2 is 2.16 bits per heavy atom. The number of carbonyl (C=O) groups excluding carboxylic acids is 2. The Balaban J connectivity index is 1.29. The first kappa shape index (κ1) is 25.0. The quantitative estimate of drug-likeness (QED) is 0.428. The summed E-state index contributed by atoms with van der Waals surface area (Å²) in [5.74, 6) is 0.269. The fraction of sp³-hybridized carbons (Fsp3) is 0.571. The predicted octanol–water partition coefficient (Wildman–Crippen LogP) is 3.87. The largest absolute Gasteiger partial charge is 0.412 e. The van der Waals surface area contributed by atoms with Gasteiger partial charge in [0.2, 0.25) is 5.71 Å². The molecule has 37 heavy (non-hydrogen) atoms. The first-order valence-corrected chi connectivity index (χ1v) is 14.0. The highest BCUT2D eigenvalue weighted by Gasteiger charge is 2.69. The summed E-state index contributed by atoms with van der Waals surface area (Å²) in [6, 6.07) is 3.58. The SMILES string of the molecule is CC12C=CC(=O)C=C1CCC1C2[C@@H](O)CC2(C)C1CC[C@]2(OCO)C(=O)CSc1nc2cccnc2o1. The van der Waals surface area contributed by atoms with Crippen molar-refractivity contribution in [1.29, 1.82) is 0 Å². The second-order valence-electron chi connectivity index (χ2n) is 11.4. The number of ketones is 2. The van der Waals surface area contributed by atoms with Crippen molar-refractivity contribution >= 4 is 34.6 Å². The standard InChI is InChI=1S/C28H32N2O6S/c1-26-9-7-17(32)12-16(26)5-6-18-19-8-10-28(35-15-31,27(19,2)13-21(33)23(18)26)22(34)14-37-25-30-20-4-3-11-29-24(20)36-25/h3-4,7,9,11-12,18-19,21,23,31,33H,5-6,8,10,13-15H2,1-2H3/t18?,19?,21-,23?,26?,27?,28-/m0/s1. The molecule has 7 atom stereocenters. The third-order valence-electron chi connectivity index (χ3n) is 9.85. The molecular formula is C28H32N2O6S. The van der Waals surface area contributed by atoms with Crippen LogP contribution < -0.4 is 0 Å². The average molecular weight is 525 g/mol. The van der Waals surface area contributed by atoms with Crippen molar-refractivity contribution in [3.63, 3.8) is 0 Å². The van der Waals surface area contributed by atoms with E-state index in [4.69, 9.17) is 9.15 Å². The molecule has 0 radical (unpaired) electrons. The van der Waals surface area contributed by atoms with Gasteiger partial charge < -0.3 is 19.4 Å². The smallest absolute Gasteiger partial charge is 0.258 e. The monoisotopic (exact) mass is 524 g/mol. The molecule has 0 bridgehead atoms. The fourth-order valence-corrected chi connectivity index (χ4v) is 9.04. The fourth-order valence-electron chi connectivity index (χ4n) is 8.25. The molecule has 0 saturated heterocycles. The molecule has 0 aromatic carbocycles. The Hall–Kier alpha value is -2.33. The van der Waals surface area contributed by atoms with Gasteiger partial charge in [-0.25, -0.2) is 9.97 Å². The van der Waals surface area contributed by atoms with E-state index in [9.17, 15) is 19.8 Å². The molecule has 3 saturated carbocycles. The lowest BCUT2D eigenvalue weighted by Crippen LogP contribution is -2.62. The van der Waals surface area contributed by atoms with Gasteiger partial charge in [0, 0.05) is 22.9 Å². The topological polar surface area (TPSA) is 123 Å². The second-order valence-corrected chi connectivity index (χ2v) is 12.3. The Morgan fingerprint density at radius 3 is 2.95 bits per heavy atom. The first-order chi connectivity index (χ1) is 17.7. The summed E-state index contributed by atoms with van der Waals surface area (Å²) >= 11 is 1.20. The van der Waals surface area contributed by atoms with Crippen molar-refractivity contribution in [1.82, 2.24) is 9.97 Å². The van der Waals surface area contributed by atoms with Crippen LogP contribution in [-0.4, -0.2) is 56.0 Å². The molecule has 0 aliphatic heterocycles. The molecule has 0 amide bonds. The molecule has 5 unspecified atom stereocenters. The number of aliphatic hydroxyl groups excluding tert-OH is 2. The van der Waals surface area contributed by atoms with Gasteiger partial charge in [-0.3, -0.25) is 9.59 Å². The maximum Gasteiger partial charge on any atom is 0.258 e. The van der Waals surface area contributed by atoms with Crippen LogP contribution in [0.5, 0.6) is 0 Å². The number of pyridine rings is 1. The molecule has 2 N–H and O–H groups in total. The number of ether oxygens (including phenoxy) is 1. The lowest BCUT2D eigenvalue weighted by Gasteiger charge is -2.60. The minimum absolute atomic E-state index is 0.00936. The van der Waals surface area contributed by atoms with E-state index >= 15 is 0 Å². The van der Waals surface area contributed by atoms with Crippen LogP contribution in [0.4, 0.5) is 0 Å². The Morgan fingerprint density at radius 1 is 1.32 bits per heavy atom. The minimum Gasteiger partial charge on any atom is -0.412 e.